The van der Waals surface area contributed by atoms with Gasteiger partial charge in [-0.25, -0.2) is 8.42 Å². The van der Waals surface area contributed by atoms with Crippen molar-refractivity contribution in [2.75, 3.05) is 0 Å². The Morgan fingerprint density at radius 1 is 0.923 bits per heavy atom. The lowest BCUT2D eigenvalue weighted by molar-refractivity contribution is 0.393. The SMILES string of the molecule is Cc1ccc(S(=O)(=O)N(Cc2ccccn2)Cc2ccccn2)cc1Cl. The number of halogens is 1. The molecule has 134 valence electrons. The van der Waals surface area contributed by atoms with Crippen molar-refractivity contribution in [3.63, 3.8) is 0 Å². The van der Waals surface area contributed by atoms with Crippen LogP contribution in [-0.4, -0.2) is 22.7 Å². The van der Waals surface area contributed by atoms with Crippen LogP contribution in [0.4, 0.5) is 0 Å². The molecule has 3 aromatic rings. The van der Waals surface area contributed by atoms with E-state index in [1.54, 1.807) is 48.8 Å². The number of aromatic nitrogens is 2. The molecule has 0 amide bonds. The van der Waals surface area contributed by atoms with Gasteiger partial charge in [0.15, 0.2) is 0 Å². The normalized spacial score (nSPS) is 11.7. The Labute approximate surface area is 158 Å². The first kappa shape index (κ1) is 18.5. The van der Waals surface area contributed by atoms with E-state index in [2.05, 4.69) is 9.97 Å². The van der Waals surface area contributed by atoms with Crippen LogP contribution in [0.5, 0.6) is 0 Å². The zero-order chi connectivity index (χ0) is 18.6. The van der Waals surface area contributed by atoms with Gasteiger partial charge in [-0.15, -0.1) is 0 Å². The minimum atomic E-state index is -3.77. The molecule has 0 bridgehead atoms. The van der Waals surface area contributed by atoms with Crippen molar-refractivity contribution in [1.82, 2.24) is 14.3 Å². The van der Waals surface area contributed by atoms with Crippen LogP contribution in [-0.2, 0) is 23.1 Å². The van der Waals surface area contributed by atoms with Crippen molar-refractivity contribution in [2.45, 2.75) is 24.9 Å². The van der Waals surface area contributed by atoms with E-state index < -0.39 is 10.0 Å². The van der Waals surface area contributed by atoms with E-state index in [9.17, 15) is 8.42 Å². The molecular formula is C19H18ClN3O2S. The second kappa shape index (κ2) is 7.95. The van der Waals surface area contributed by atoms with Gasteiger partial charge < -0.3 is 0 Å². The molecular weight excluding hydrogens is 370 g/mol. The first-order valence-electron chi connectivity index (χ1n) is 8.03. The predicted octanol–water partition coefficient (Wildman–Crippen LogP) is 3.83. The van der Waals surface area contributed by atoms with Gasteiger partial charge in [0.2, 0.25) is 10.0 Å². The van der Waals surface area contributed by atoms with Gasteiger partial charge in [-0.05, 0) is 48.9 Å². The highest BCUT2D eigenvalue weighted by Crippen LogP contribution is 2.24. The summed E-state index contributed by atoms with van der Waals surface area (Å²) in [6, 6.07) is 15.6. The van der Waals surface area contributed by atoms with E-state index in [1.165, 1.54) is 10.4 Å². The minimum Gasteiger partial charge on any atom is -0.260 e. The number of hydrogen-bond acceptors (Lipinski definition) is 4. The molecule has 0 N–H and O–H groups in total. The number of aryl methyl sites for hydroxylation is 1. The van der Waals surface area contributed by atoms with Crippen LogP contribution in [0, 0.1) is 6.92 Å². The molecule has 0 saturated heterocycles. The Hall–Kier alpha value is -2.28. The van der Waals surface area contributed by atoms with Gasteiger partial charge in [-0.3, -0.25) is 9.97 Å². The number of hydrogen-bond donors (Lipinski definition) is 0. The molecule has 0 saturated carbocycles. The van der Waals surface area contributed by atoms with E-state index in [0.29, 0.717) is 16.4 Å². The molecule has 0 radical (unpaired) electrons. The molecule has 0 aliphatic heterocycles. The van der Waals surface area contributed by atoms with Gasteiger partial charge in [0.25, 0.3) is 0 Å². The first-order valence-corrected chi connectivity index (χ1v) is 9.85. The van der Waals surface area contributed by atoms with Gasteiger partial charge >= 0.3 is 0 Å². The molecule has 26 heavy (non-hydrogen) atoms. The highest BCUT2D eigenvalue weighted by molar-refractivity contribution is 7.89. The lowest BCUT2D eigenvalue weighted by Crippen LogP contribution is -2.31. The van der Waals surface area contributed by atoms with Crippen LogP contribution in [0.25, 0.3) is 0 Å². The molecule has 3 rings (SSSR count). The van der Waals surface area contributed by atoms with E-state index in [0.717, 1.165) is 5.56 Å². The van der Waals surface area contributed by atoms with Gasteiger partial charge in [-0.1, -0.05) is 29.8 Å². The summed E-state index contributed by atoms with van der Waals surface area (Å²) in [5, 5.41) is 0.418. The Bertz CT molecular complexity index is 939. The standard InChI is InChI=1S/C19H18ClN3O2S/c1-15-8-9-18(12-19(15)20)26(24,25)23(13-16-6-2-4-10-21-16)14-17-7-3-5-11-22-17/h2-12H,13-14H2,1H3. The van der Waals surface area contributed by atoms with E-state index in [-0.39, 0.29) is 18.0 Å². The first-order chi connectivity index (χ1) is 12.5. The quantitative estimate of drug-likeness (QED) is 0.644. The van der Waals surface area contributed by atoms with Crippen LogP contribution in [0.2, 0.25) is 5.02 Å². The maximum Gasteiger partial charge on any atom is 0.243 e. The van der Waals surface area contributed by atoms with Crippen LogP contribution in [0.3, 0.4) is 0 Å². The molecule has 0 atom stereocenters. The summed E-state index contributed by atoms with van der Waals surface area (Å²) in [5.74, 6) is 0. The molecule has 0 spiro atoms. The average molecular weight is 388 g/mol. The average Bonchev–Trinajstić information content (AvgIpc) is 2.65. The zero-order valence-electron chi connectivity index (χ0n) is 14.2. The maximum atomic E-state index is 13.2. The van der Waals surface area contributed by atoms with E-state index in [1.807, 2.05) is 19.1 Å². The summed E-state index contributed by atoms with van der Waals surface area (Å²) in [5.41, 5.74) is 2.14. The summed E-state index contributed by atoms with van der Waals surface area (Å²) in [6.45, 7) is 2.12. The van der Waals surface area contributed by atoms with Crippen molar-refractivity contribution in [3.8, 4) is 0 Å². The van der Waals surface area contributed by atoms with Crippen LogP contribution in [0.15, 0.2) is 71.9 Å². The van der Waals surface area contributed by atoms with Crippen molar-refractivity contribution < 1.29 is 8.42 Å². The topological polar surface area (TPSA) is 63.2 Å². The number of nitrogens with zero attached hydrogens (tertiary/aromatic N) is 3. The van der Waals surface area contributed by atoms with Crippen molar-refractivity contribution in [3.05, 3.63) is 89.0 Å². The third-order valence-electron chi connectivity index (χ3n) is 3.91. The fraction of sp³-hybridized carbons (Fsp3) is 0.158. The summed E-state index contributed by atoms with van der Waals surface area (Å²) in [6.07, 6.45) is 3.29. The molecule has 0 unspecified atom stereocenters. The van der Waals surface area contributed by atoms with Gasteiger partial charge in [0, 0.05) is 17.4 Å². The number of rotatable bonds is 6. The van der Waals surface area contributed by atoms with E-state index >= 15 is 0 Å². The summed E-state index contributed by atoms with van der Waals surface area (Å²) in [4.78, 5) is 8.65. The summed E-state index contributed by atoms with van der Waals surface area (Å²) < 4.78 is 27.8. The molecule has 0 aliphatic carbocycles. The van der Waals surface area contributed by atoms with Crippen molar-refractivity contribution in [2.24, 2.45) is 0 Å². The van der Waals surface area contributed by atoms with Gasteiger partial charge in [0.1, 0.15) is 0 Å². The fourth-order valence-corrected chi connectivity index (χ4v) is 4.11. The second-order valence-corrected chi connectivity index (χ2v) is 8.17. The second-order valence-electron chi connectivity index (χ2n) is 5.83. The number of benzene rings is 1. The lowest BCUT2D eigenvalue weighted by atomic mass is 10.2. The third kappa shape index (κ3) is 4.27. The fourth-order valence-electron chi connectivity index (χ4n) is 2.45. The molecule has 5 nitrogen and oxygen atoms in total. The number of sulfonamides is 1. The molecule has 2 aromatic heterocycles. The van der Waals surface area contributed by atoms with Crippen molar-refractivity contribution in [1.29, 1.82) is 0 Å². The highest BCUT2D eigenvalue weighted by Gasteiger charge is 2.26. The van der Waals surface area contributed by atoms with Crippen LogP contribution >= 0.6 is 11.6 Å². The molecule has 2 heterocycles. The molecule has 0 fully saturated rings. The minimum absolute atomic E-state index is 0.144. The molecule has 1 aromatic carbocycles. The maximum absolute atomic E-state index is 13.2. The smallest absolute Gasteiger partial charge is 0.243 e. The third-order valence-corrected chi connectivity index (χ3v) is 6.10. The van der Waals surface area contributed by atoms with E-state index in [4.69, 9.17) is 11.6 Å². The molecule has 7 heteroatoms. The van der Waals surface area contributed by atoms with Crippen molar-refractivity contribution >= 4 is 21.6 Å². The largest absolute Gasteiger partial charge is 0.260 e. The van der Waals surface area contributed by atoms with Crippen LogP contribution < -0.4 is 0 Å². The summed E-state index contributed by atoms with van der Waals surface area (Å²) in [7, 11) is -3.77. The Morgan fingerprint density at radius 2 is 1.50 bits per heavy atom. The van der Waals surface area contributed by atoms with Gasteiger partial charge in [0.05, 0.1) is 29.4 Å². The Morgan fingerprint density at radius 3 is 1.96 bits per heavy atom. The molecule has 0 aliphatic rings. The predicted molar refractivity (Wildman–Crippen MR) is 101 cm³/mol. The monoisotopic (exact) mass is 387 g/mol. The van der Waals surface area contributed by atoms with Crippen LogP contribution in [0.1, 0.15) is 17.0 Å². The highest BCUT2D eigenvalue weighted by atomic mass is 35.5. The lowest BCUT2D eigenvalue weighted by Gasteiger charge is -2.22. The Balaban J connectivity index is 1.99. The number of pyridine rings is 2. The Kier molecular flexibility index (Phi) is 5.66. The zero-order valence-corrected chi connectivity index (χ0v) is 15.8. The summed E-state index contributed by atoms with van der Waals surface area (Å²) >= 11 is 6.14. The van der Waals surface area contributed by atoms with Gasteiger partial charge in [-0.2, -0.15) is 4.31 Å².